The van der Waals surface area contributed by atoms with Crippen molar-refractivity contribution < 1.29 is 4.79 Å². The molecule has 0 saturated carbocycles. The van der Waals surface area contributed by atoms with Crippen LogP contribution in [0.4, 0.5) is 11.4 Å². The molecule has 0 fully saturated rings. The first kappa shape index (κ1) is 19.5. The fourth-order valence-electron chi connectivity index (χ4n) is 4.87. The number of para-hydroxylation sites is 2. The van der Waals surface area contributed by atoms with Crippen molar-refractivity contribution in [2.45, 2.75) is 20.0 Å². The molecule has 2 heterocycles. The number of carbonyl (C=O) groups excluding carboxylic acids is 1. The lowest BCUT2D eigenvalue weighted by atomic mass is 10.1. The summed E-state index contributed by atoms with van der Waals surface area (Å²) in [4.78, 5) is 20.2. The zero-order valence-corrected chi connectivity index (χ0v) is 18.4. The molecule has 0 aliphatic carbocycles. The Morgan fingerprint density at radius 1 is 0.758 bits per heavy atom. The van der Waals surface area contributed by atoms with Gasteiger partial charge in [-0.3, -0.25) is 4.79 Å². The lowest BCUT2D eigenvalue weighted by Crippen LogP contribution is -2.29. The van der Waals surface area contributed by atoms with E-state index in [1.165, 1.54) is 16.4 Å². The highest BCUT2D eigenvalue weighted by Gasteiger charge is 2.33. The summed E-state index contributed by atoms with van der Waals surface area (Å²) >= 11 is 0. The molecule has 0 N–H and O–H groups in total. The summed E-state index contributed by atoms with van der Waals surface area (Å²) in [6.45, 7) is 3.59. The highest BCUT2D eigenvalue weighted by Crippen LogP contribution is 2.35. The number of aromatic nitrogens is 1. The van der Waals surface area contributed by atoms with E-state index in [4.69, 9.17) is 4.99 Å². The largest absolute Gasteiger partial charge is 0.341 e. The summed E-state index contributed by atoms with van der Waals surface area (Å²) in [5.41, 5.74) is 6.59. The second kappa shape index (κ2) is 7.75. The van der Waals surface area contributed by atoms with Crippen molar-refractivity contribution in [1.82, 2.24) is 4.57 Å². The van der Waals surface area contributed by atoms with Crippen LogP contribution in [0.1, 0.15) is 18.1 Å². The molecule has 160 valence electrons. The predicted octanol–water partition coefficient (Wildman–Crippen LogP) is 6.48. The van der Waals surface area contributed by atoms with Crippen LogP contribution in [0.5, 0.6) is 0 Å². The Hall–Kier alpha value is -4.18. The van der Waals surface area contributed by atoms with Crippen LogP contribution < -0.4 is 4.90 Å². The van der Waals surface area contributed by atoms with Gasteiger partial charge in [-0.2, -0.15) is 0 Å². The molecule has 1 aliphatic heterocycles. The number of aliphatic imine (C=N–C) groups is 1. The Morgan fingerprint density at radius 2 is 1.48 bits per heavy atom. The van der Waals surface area contributed by atoms with Crippen LogP contribution >= 0.6 is 0 Å². The van der Waals surface area contributed by atoms with Gasteiger partial charge in [-0.1, -0.05) is 66.7 Å². The van der Waals surface area contributed by atoms with Crippen molar-refractivity contribution in [2.24, 2.45) is 4.99 Å². The van der Waals surface area contributed by atoms with E-state index in [2.05, 4.69) is 47.9 Å². The fourth-order valence-corrected chi connectivity index (χ4v) is 4.87. The smallest absolute Gasteiger partial charge is 0.277 e. The van der Waals surface area contributed by atoms with Crippen LogP contribution in [-0.4, -0.2) is 16.2 Å². The van der Waals surface area contributed by atoms with Crippen molar-refractivity contribution in [3.63, 3.8) is 0 Å². The number of carbonyl (C=O) groups is 1. The van der Waals surface area contributed by atoms with Gasteiger partial charge < -0.3 is 9.47 Å². The Morgan fingerprint density at radius 3 is 2.33 bits per heavy atom. The topological polar surface area (TPSA) is 37.6 Å². The van der Waals surface area contributed by atoms with Gasteiger partial charge in [0.2, 0.25) is 0 Å². The number of fused-ring (bicyclic) bond motifs is 4. The third-order valence-electron chi connectivity index (χ3n) is 6.39. The summed E-state index contributed by atoms with van der Waals surface area (Å²) in [5, 5.41) is 2.37. The normalized spacial score (nSPS) is 14.5. The number of nitrogens with zero attached hydrogens (tertiary/aromatic N) is 3. The van der Waals surface area contributed by atoms with Gasteiger partial charge in [-0.15, -0.1) is 0 Å². The Labute approximate surface area is 192 Å². The average Bonchev–Trinajstić information content (AvgIpc) is 3.32. The monoisotopic (exact) mass is 429 g/mol. The van der Waals surface area contributed by atoms with Gasteiger partial charge in [0.1, 0.15) is 5.71 Å². The number of hydrogen-bond donors (Lipinski definition) is 0. The predicted molar refractivity (Wildman–Crippen MR) is 135 cm³/mol. The van der Waals surface area contributed by atoms with Crippen LogP contribution in [0.25, 0.3) is 21.8 Å². The molecule has 4 nitrogen and oxygen atoms in total. The SMILES string of the molecule is CCn1c2ccccc2c2cc(N=C3C(=O)N(Cc4ccccc4)c4ccccc43)ccc21. The van der Waals surface area contributed by atoms with Gasteiger partial charge in [0.25, 0.3) is 5.91 Å². The third-order valence-corrected chi connectivity index (χ3v) is 6.39. The minimum atomic E-state index is -0.0591. The number of benzene rings is 4. The Balaban J connectivity index is 1.46. The lowest BCUT2D eigenvalue weighted by molar-refractivity contribution is -0.112. The minimum absolute atomic E-state index is 0.0591. The fraction of sp³-hybridized carbons (Fsp3) is 0.103. The zero-order valence-electron chi connectivity index (χ0n) is 18.4. The number of aryl methyl sites for hydroxylation is 1. The second-order valence-electron chi connectivity index (χ2n) is 8.32. The molecule has 0 radical (unpaired) electrons. The molecular weight excluding hydrogens is 406 g/mol. The van der Waals surface area contributed by atoms with Crippen molar-refractivity contribution in [3.05, 3.63) is 108 Å². The van der Waals surface area contributed by atoms with E-state index in [0.717, 1.165) is 34.4 Å². The number of amides is 1. The Bertz CT molecular complexity index is 1550. The molecule has 1 aromatic heterocycles. The van der Waals surface area contributed by atoms with Crippen molar-refractivity contribution >= 4 is 44.8 Å². The highest BCUT2D eigenvalue weighted by atomic mass is 16.2. The van der Waals surface area contributed by atoms with Gasteiger partial charge in [-0.05, 0) is 42.8 Å². The van der Waals surface area contributed by atoms with Crippen LogP contribution in [0.3, 0.4) is 0 Å². The summed E-state index contributed by atoms with van der Waals surface area (Å²) in [6.07, 6.45) is 0. The molecule has 1 aliphatic rings. The minimum Gasteiger partial charge on any atom is -0.341 e. The molecular formula is C29H23N3O. The van der Waals surface area contributed by atoms with Gasteiger partial charge in [0.15, 0.2) is 0 Å². The van der Waals surface area contributed by atoms with Crippen molar-refractivity contribution in [2.75, 3.05) is 4.90 Å². The summed E-state index contributed by atoms with van der Waals surface area (Å²) in [7, 11) is 0. The molecule has 0 bridgehead atoms. The molecule has 0 spiro atoms. The molecule has 1 amide bonds. The molecule has 4 aromatic carbocycles. The van der Waals surface area contributed by atoms with Crippen LogP contribution in [0, 0.1) is 0 Å². The van der Waals surface area contributed by atoms with E-state index < -0.39 is 0 Å². The molecule has 0 unspecified atom stereocenters. The van der Waals surface area contributed by atoms with Gasteiger partial charge in [0, 0.05) is 33.9 Å². The summed E-state index contributed by atoms with van der Waals surface area (Å²) in [6, 6.07) is 32.7. The van der Waals surface area contributed by atoms with E-state index >= 15 is 0 Å². The summed E-state index contributed by atoms with van der Waals surface area (Å²) in [5.74, 6) is -0.0591. The molecule has 33 heavy (non-hydrogen) atoms. The quantitative estimate of drug-likeness (QED) is 0.322. The summed E-state index contributed by atoms with van der Waals surface area (Å²) < 4.78 is 2.32. The maximum Gasteiger partial charge on any atom is 0.277 e. The van der Waals surface area contributed by atoms with E-state index in [0.29, 0.717) is 12.3 Å². The Kier molecular flexibility index (Phi) is 4.58. The van der Waals surface area contributed by atoms with Crippen LogP contribution in [0.2, 0.25) is 0 Å². The number of anilines is 1. The molecule has 0 atom stereocenters. The molecule has 0 saturated heterocycles. The van der Waals surface area contributed by atoms with E-state index in [1.54, 1.807) is 0 Å². The van der Waals surface area contributed by atoms with Crippen LogP contribution in [-0.2, 0) is 17.9 Å². The molecule has 6 rings (SSSR count). The standard InChI is InChI=1S/C29H23N3O/c1-2-31-25-14-8-6-12-22(25)24-18-21(16-17-27(24)31)30-28-23-13-7-9-15-26(23)32(29(28)33)19-20-10-4-3-5-11-20/h3-18H,2,19H2,1H3. The number of hydrogen-bond acceptors (Lipinski definition) is 2. The van der Waals surface area contributed by atoms with Crippen LogP contribution in [0.15, 0.2) is 102 Å². The van der Waals surface area contributed by atoms with Crippen molar-refractivity contribution in [1.29, 1.82) is 0 Å². The first-order chi connectivity index (χ1) is 16.2. The highest BCUT2D eigenvalue weighted by molar-refractivity contribution is 6.54. The van der Waals surface area contributed by atoms with Crippen molar-refractivity contribution in [3.8, 4) is 0 Å². The van der Waals surface area contributed by atoms with E-state index in [9.17, 15) is 4.79 Å². The molecule has 5 aromatic rings. The first-order valence-electron chi connectivity index (χ1n) is 11.3. The van der Waals surface area contributed by atoms with Gasteiger partial charge in [0.05, 0.1) is 17.9 Å². The zero-order chi connectivity index (χ0) is 22.4. The van der Waals surface area contributed by atoms with Gasteiger partial charge >= 0.3 is 0 Å². The number of rotatable bonds is 4. The molecule has 4 heteroatoms. The van der Waals surface area contributed by atoms with E-state index in [-0.39, 0.29) is 5.91 Å². The second-order valence-corrected chi connectivity index (χ2v) is 8.32. The maximum atomic E-state index is 13.5. The maximum absolute atomic E-state index is 13.5. The first-order valence-corrected chi connectivity index (χ1v) is 11.3. The van der Waals surface area contributed by atoms with E-state index in [1.807, 2.05) is 65.6 Å². The average molecular weight is 430 g/mol. The third kappa shape index (κ3) is 3.14. The lowest BCUT2D eigenvalue weighted by Gasteiger charge is -2.16. The van der Waals surface area contributed by atoms with Gasteiger partial charge in [-0.25, -0.2) is 4.99 Å².